The number of esters is 1. The minimum Gasteiger partial charge on any atom is -0.424 e. The van der Waals surface area contributed by atoms with Crippen LogP contribution >= 0.6 is 11.6 Å². The molecule has 3 rings (SSSR count). The molecule has 0 atom stereocenters. The number of carbonyl (C=O) groups excluding carboxylic acids is 1. The molecule has 0 aliphatic heterocycles. The van der Waals surface area contributed by atoms with Crippen molar-refractivity contribution in [1.29, 1.82) is 0 Å². The van der Waals surface area contributed by atoms with E-state index in [9.17, 15) is 4.79 Å². The average molecular weight is 349 g/mol. The summed E-state index contributed by atoms with van der Waals surface area (Å²) in [6, 6.07) is 28.4. The molecule has 3 aromatic rings. The lowest BCUT2D eigenvalue weighted by atomic mass is 10.1. The van der Waals surface area contributed by atoms with Crippen molar-refractivity contribution in [2.45, 2.75) is 6.42 Å². The Morgan fingerprint density at radius 3 is 1.76 bits per heavy atom. The molecule has 0 heterocycles. The summed E-state index contributed by atoms with van der Waals surface area (Å²) >= 11 is 6.56. The van der Waals surface area contributed by atoms with E-state index in [1.807, 2.05) is 91.0 Å². The fraction of sp³-hybridized carbons (Fsp3) is 0.0455. The van der Waals surface area contributed by atoms with Gasteiger partial charge >= 0.3 is 5.97 Å². The van der Waals surface area contributed by atoms with Crippen molar-refractivity contribution in [3.63, 3.8) is 0 Å². The minimum atomic E-state index is -0.348. The molecular weight excluding hydrogens is 332 g/mol. The Kier molecular flexibility index (Phi) is 5.65. The van der Waals surface area contributed by atoms with Crippen molar-refractivity contribution in [2.75, 3.05) is 0 Å². The lowest BCUT2D eigenvalue weighted by molar-refractivity contribution is -0.135. The second-order valence-electron chi connectivity index (χ2n) is 5.51. The summed E-state index contributed by atoms with van der Waals surface area (Å²) in [5.41, 5.74) is 2.46. The van der Waals surface area contributed by atoms with Gasteiger partial charge in [-0.05, 0) is 11.1 Å². The Morgan fingerprint density at radius 1 is 0.720 bits per heavy atom. The highest BCUT2D eigenvalue weighted by Crippen LogP contribution is 2.30. The third-order valence-electron chi connectivity index (χ3n) is 3.67. The van der Waals surface area contributed by atoms with E-state index < -0.39 is 0 Å². The lowest BCUT2D eigenvalue weighted by Crippen LogP contribution is -2.08. The van der Waals surface area contributed by atoms with Gasteiger partial charge in [0.25, 0.3) is 0 Å². The summed E-state index contributed by atoms with van der Waals surface area (Å²) in [7, 11) is 0. The van der Waals surface area contributed by atoms with Crippen LogP contribution in [0.25, 0.3) is 10.8 Å². The first kappa shape index (κ1) is 17.0. The highest BCUT2D eigenvalue weighted by Gasteiger charge is 2.16. The minimum absolute atomic E-state index is 0.191. The molecule has 0 saturated heterocycles. The van der Waals surface area contributed by atoms with Gasteiger partial charge in [0, 0.05) is 5.56 Å². The molecule has 0 amide bonds. The molecule has 3 aromatic carbocycles. The van der Waals surface area contributed by atoms with E-state index in [0.717, 1.165) is 16.7 Å². The maximum atomic E-state index is 12.4. The summed E-state index contributed by atoms with van der Waals surface area (Å²) in [4.78, 5) is 12.4. The summed E-state index contributed by atoms with van der Waals surface area (Å²) < 4.78 is 5.67. The largest absolute Gasteiger partial charge is 0.424 e. The lowest BCUT2D eigenvalue weighted by Gasteiger charge is -2.12. The van der Waals surface area contributed by atoms with Gasteiger partial charge in [-0.1, -0.05) is 103 Å². The molecule has 0 aliphatic carbocycles. The van der Waals surface area contributed by atoms with Gasteiger partial charge < -0.3 is 4.74 Å². The molecule has 0 aromatic heterocycles. The van der Waals surface area contributed by atoms with Crippen LogP contribution in [0.5, 0.6) is 0 Å². The summed E-state index contributed by atoms with van der Waals surface area (Å²) in [5, 5.41) is 0.410. The monoisotopic (exact) mass is 348 g/mol. The van der Waals surface area contributed by atoms with Crippen LogP contribution in [-0.4, -0.2) is 5.97 Å². The number of hydrogen-bond acceptors (Lipinski definition) is 2. The molecule has 0 bridgehead atoms. The molecule has 0 spiro atoms. The van der Waals surface area contributed by atoms with Crippen molar-refractivity contribution in [2.24, 2.45) is 0 Å². The van der Waals surface area contributed by atoms with Gasteiger partial charge in [-0.15, -0.1) is 0 Å². The Balaban J connectivity index is 1.91. The molecule has 2 nitrogen and oxygen atoms in total. The third-order valence-corrected chi connectivity index (χ3v) is 4.06. The van der Waals surface area contributed by atoms with E-state index in [-0.39, 0.29) is 12.4 Å². The molecule has 0 fully saturated rings. The third kappa shape index (κ3) is 4.59. The van der Waals surface area contributed by atoms with Gasteiger partial charge in [0.05, 0.1) is 11.5 Å². The summed E-state index contributed by atoms with van der Waals surface area (Å²) in [6.45, 7) is 0. The van der Waals surface area contributed by atoms with Gasteiger partial charge in [0.15, 0.2) is 5.76 Å². The van der Waals surface area contributed by atoms with E-state index in [1.54, 1.807) is 0 Å². The Hall–Kier alpha value is -2.84. The van der Waals surface area contributed by atoms with Crippen LogP contribution in [0.4, 0.5) is 0 Å². The number of ether oxygens (including phenoxy) is 1. The zero-order valence-corrected chi connectivity index (χ0v) is 14.3. The Morgan fingerprint density at radius 2 is 1.20 bits per heavy atom. The van der Waals surface area contributed by atoms with Gasteiger partial charge in [0.1, 0.15) is 0 Å². The molecule has 0 radical (unpaired) electrons. The van der Waals surface area contributed by atoms with Crippen LogP contribution in [0, 0.1) is 0 Å². The van der Waals surface area contributed by atoms with Gasteiger partial charge in [-0.25, -0.2) is 0 Å². The van der Waals surface area contributed by atoms with Crippen LogP contribution in [0.2, 0.25) is 0 Å². The molecule has 0 unspecified atom stereocenters. The van der Waals surface area contributed by atoms with Crippen molar-refractivity contribution in [1.82, 2.24) is 0 Å². The van der Waals surface area contributed by atoms with Crippen molar-refractivity contribution >= 4 is 28.4 Å². The summed E-state index contributed by atoms with van der Waals surface area (Å²) in [5.74, 6) is 0.0218. The second-order valence-corrected chi connectivity index (χ2v) is 5.89. The van der Waals surface area contributed by atoms with Crippen LogP contribution in [0.15, 0.2) is 91.0 Å². The van der Waals surface area contributed by atoms with Crippen LogP contribution < -0.4 is 0 Å². The van der Waals surface area contributed by atoms with E-state index in [0.29, 0.717) is 10.8 Å². The number of carbonyl (C=O) groups is 1. The standard InChI is InChI=1S/C22H17ClO2/c23-21(18-12-6-2-7-13-18)22(19-14-8-3-9-15-19)25-20(24)16-17-10-4-1-5-11-17/h1-15H,16H2/b22-21-. The van der Waals surface area contributed by atoms with E-state index in [1.165, 1.54) is 0 Å². The smallest absolute Gasteiger partial charge is 0.315 e. The van der Waals surface area contributed by atoms with E-state index in [4.69, 9.17) is 16.3 Å². The van der Waals surface area contributed by atoms with Crippen molar-refractivity contribution in [3.8, 4) is 0 Å². The van der Waals surface area contributed by atoms with Gasteiger partial charge in [-0.3, -0.25) is 4.79 Å². The Labute approximate surface area is 152 Å². The molecule has 124 valence electrons. The van der Waals surface area contributed by atoms with E-state index in [2.05, 4.69) is 0 Å². The molecule has 0 aliphatic rings. The van der Waals surface area contributed by atoms with Gasteiger partial charge in [0.2, 0.25) is 0 Å². The number of benzene rings is 3. The molecule has 0 N–H and O–H groups in total. The molecule has 25 heavy (non-hydrogen) atoms. The second kappa shape index (κ2) is 8.32. The maximum absolute atomic E-state index is 12.4. The van der Waals surface area contributed by atoms with Crippen LogP contribution in [0.1, 0.15) is 16.7 Å². The maximum Gasteiger partial charge on any atom is 0.315 e. The fourth-order valence-corrected chi connectivity index (χ4v) is 2.72. The zero-order chi connectivity index (χ0) is 17.5. The Bertz CT molecular complexity index is 856. The van der Waals surface area contributed by atoms with Gasteiger partial charge in [-0.2, -0.15) is 0 Å². The first-order chi connectivity index (χ1) is 12.2. The average Bonchev–Trinajstić information content (AvgIpc) is 2.68. The summed E-state index contributed by atoms with van der Waals surface area (Å²) in [6.07, 6.45) is 0.191. The van der Waals surface area contributed by atoms with E-state index >= 15 is 0 Å². The topological polar surface area (TPSA) is 26.3 Å². The molecular formula is C22H17ClO2. The number of rotatable bonds is 5. The quantitative estimate of drug-likeness (QED) is 0.344. The predicted molar refractivity (Wildman–Crippen MR) is 102 cm³/mol. The van der Waals surface area contributed by atoms with Crippen LogP contribution in [0.3, 0.4) is 0 Å². The fourth-order valence-electron chi connectivity index (χ4n) is 2.45. The number of hydrogen-bond donors (Lipinski definition) is 0. The normalized spacial score (nSPS) is 11.6. The molecule has 3 heteroatoms. The highest BCUT2D eigenvalue weighted by molar-refractivity contribution is 6.52. The SMILES string of the molecule is O=C(Cc1ccccc1)O/C(=C(\Cl)c1ccccc1)c1ccccc1. The van der Waals surface area contributed by atoms with Crippen molar-refractivity contribution < 1.29 is 9.53 Å². The van der Waals surface area contributed by atoms with Crippen LogP contribution in [-0.2, 0) is 16.0 Å². The first-order valence-electron chi connectivity index (χ1n) is 7.99. The predicted octanol–water partition coefficient (Wildman–Crippen LogP) is 5.54. The zero-order valence-electron chi connectivity index (χ0n) is 13.6. The highest BCUT2D eigenvalue weighted by atomic mass is 35.5. The van der Waals surface area contributed by atoms with Crippen molar-refractivity contribution in [3.05, 3.63) is 108 Å². The number of halogens is 1. The molecule has 0 saturated carbocycles. The first-order valence-corrected chi connectivity index (χ1v) is 8.37.